The Kier molecular flexibility index (Phi) is 4.74. The van der Waals surface area contributed by atoms with Crippen LogP contribution in [-0.4, -0.2) is 9.78 Å². The van der Waals surface area contributed by atoms with Crippen molar-refractivity contribution in [3.8, 4) is 0 Å². The Balaban J connectivity index is 2.40. The van der Waals surface area contributed by atoms with Crippen LogP contribution in [0.3, 0.4) is 0 Å². The minimum absolute atomic E-state index is 0.0190. The zero-order valence-electron chi connectivity index (χ0n) is 12.0. The molecule has 2 aromatic rings. The number of aryl methyl sites for hydroxylation is 1. The van der Waals surface area contributed by atoms with Gasteiger partial charge in [-0.25, -0.2) is 0 Å². The van der Waals surface area contributed by atoms with Crippen molar-refractivity contribution < 1.29 is 0 Å². The first-order valence-corrected chi connectivity index (χ1v) is 7.43. The SMILES string of the molecule is CCC(N)c1c(C)nn(Cc2c(Cl)cccc2Cl)c1C. The maximum atomic E-state index is 6.22. The molecule has 0 radical (unpaired) electrons. The summed E-state index contributed by atoms with van der Waals surface area (Å²) in [4.78, 5) is 0. The molecular weight excluding hydrogens is 293 g/mol. The fraction of sp³-hybridized carbons (Fsp3) is 0.400. The van der Waals surface area contributed by atoms with E-state index in [-0.39, 0.29) is 6.04 Å². The number of rotatable bonds is 4. The molecule has 20 heavy (non-hydrogen) atoms. The quantitative estimate of drug-likeness (QED) is 0.916. The average Bonchev–Trinajstić information content (AvgIpc) is 2.68. The summed E-state index contributed by atoms with van der Waals surface area (Å²) in [6.45, 7) is 6.66. The molecule has 2 N–H and O–H groups in total. The van der Waals surface area contributed by atoms with E-state index in [4.69, 9.17) is 28.9 Å². The highest BCUT2D eigenvalue weighted by atomic mass is 35.5. The van der Waals surface area contributed by atoms with Crippen LogP contribution < -0.4 is 5.73 Å². The van der Waals surface area contributed by atoms with E-state index < -0.39 is 0 Å². The highest BCUT2D eigenvalue weighted by Gasteiger charge is 2.17. The Morgan fingerprint density at radius 1 is 1.25 bits per heavy atom. The van der Waals surface area contributed by atoms with Crippen LogP contribution in [0.1, 0.15) is 41.9 Å². The zero-order chi connectivity index (χ0) is 14.9. The van der Waals surface area contributed by atoms with E-state index in [1.54, 1.807) is 0 Å². The molecule has 0 spiro atoms. The van der Waals surface area contributed by atoms with E-state index in [9.17, 15) is 0 Å². The molecule has 5 heteroatoms. The number of benzene rings is 1. The van der Waals surface area contributed by atoms with Gasteiger partial charge in [-0.2, -0.15) is 5.10 Å². The summed E-state index contributed by atoms with van der Waals surface area (Å²) in [5.41, 5.74) is 10.2. The molecule has 0 aliphatic carbocycles. The minimum atomic E-state index is 0.0190. The Labute approximate surface area is 129 Å². The monoisotopic (exact) mass is 311 g/mol. The number of halogens is 2. The van der Waals surface area contributed by atoms with E-state index in [1.807, 2.05) is 36.7 Å². The highest BCUT2D eigenvalue weighted by molar-refractivity contribution is 6.35. The van der Waals surface area contributed by atoms with Crippen molar-refractivity contribution in [3.63, 3.8) is 0 Å². The minimum Gasteiger partial charge on any atom is -0.324 e. The van der Waals surface area contributed by atoms with Gasteiger partial charge in [0.25, 0.3) is 0 Å². The standard InChI is InChI=1S/C15H19Cl2N3/c1-4-14(18)15-9(2)19-20(10(15)3)8-11-12(16)6-5-7-13(11)17/h5-7,14H,4,8,18H2,1-3H3. The predicted octanol–water partition coefficient (Wildman–Crippen LogP) is 4.26. The van der Waals surface area contributed by atoms with Gasteiger partial charge in [-0.05, 0) is 32.4 Å². The topological polar surface area (TPSA) is 43.8 Å². The first kappa shape index (κ1) is 15.4. The number of hydrogen-bond acceptors (Lipinski definition) is 2. The van der Waals surface area contributed by atoms with Gasteiger partial charge >= 0.3 is 0 Å². The molecule has 0 amide bonds. The van der Waals surface area contributed by atoms with Crippen molar-refractivity contribution in [2.45, 2.75) is 39.8 Å². The van der Waals surface area contributed by atoms with Gasteiger partial charge in [0.1, 0.15) is 0 Å². The van der Waals surface area contributed by atoms with E-state index in [2.05, 4.69) is 12.0 Å². The Bertz CT molecular complexity index is 600. The van der Waals surface area contributed by atoms with Crippen LogP contribution >= 0.6 is 23.2 Å². The van der Waals surface area contributed by atoms with Gasteiger partial charge in [-0.3, -0.25) is 4.68 Å². The maximum Gasteiger partial charge on any atom is 0.0692 e. The molecule has 0 saturated heterocycles. The summed E-state index contributed by atoms with van der Waals surface area (Å²) >= 11 is 12.4. The first-order valence-electron chi connectivity index (χ1n) is 6.68. The maximum absolute atomic E-state index is 6.22. The molecule has 0 aliphatic rings. The van der Waals surface area contributed by atoms with Gasteiger partial charge in [0, 0.05) is 32.9 Å². The molecule has 2 rings (SSSR count). The van der Waals surface area contributed by atoms with Crippen molar-refractivity contribution >= 4 is 23.2 Å². The third kappa shape index (κ3) is 2.85. The largest absolute Gasteiger partial charge is 0.324 e. The van der Waals surface area contributed by atoms with Gasteiger partial charge in [-0.15, -0.1) is 0 Å². The van der Waals surface area contributed by atoms with E-state index in [0.717, 1.165) is 28.9 Å². The van der Waals surface area contributed by atoms with Crippen LogP contribution in [0.25, 0.3) is 0 Å². The fourth-order valence-corrected chi connectivity index (χ4v) is 2.96. The summed E-state index contributed by atoms with van der Waals surface area (Å²) < 4.78 is 1.92. The van der Waals surface area contributed by atoms with Crippen molar-refractivity contribution in [2.75, 3.05) is 0 Å². The lowest BCUT2D eigenvalue weighted by Crippen LogP contribution is -2.11. The number of aromatic nitrogens is 2. The lowest BCUT2D eigenvalue weighted by molar-refractivity contribution is 0.650. The van der Waals surface area contributed by atoms with Crippen molar-refractivity contribution in [1.29, 1.82) is 0 Å². The molecule has 1 atom stereocenters. The highest BCUT2D eigenvalue weighted by Crippen LogP contribution is 2.27. The van der Waals surface area contributed by atoms with Crippen LogP contribution in [0, 0.1) is 13.8 Å². The van der Waals surface area contributed by atoms with Gasteiger partial charge in [-0.1, -0.05) is 36.2 Å². The third-order valence-electron chi connectivity index (χ3n) is 3.62. The van der Waals surface area contributed by atoms with Crippen LogP contribution in [-0.2, 0) is 6.54 Å². The van der Waals surface area contributed by atoms with Gasteiger partial charge in [0.2, 0.25) is 0 Å². The molecule has 0 saturated carbocycles. The molecular formula is C15H19Cl2N3. The fourth-order valence-electron chi connectivity index (χ4n) is 2.44. The molecule has 1 aromatic heterocycles. The summed E-state index contributed by atoms with van der Waals surface area (Å²) in [5.74, 6) is 0. The third-order valence-corrected chi connectivity index (χ3v) is 4.33. The molecule has 0 bridgehead atoms. The summed E-state index contributed by atoms with van der Waals surface area (Å²) in [5, 5.41) is 5.89. The Morgan fingerprint density at radius 2 is 1.85 bits per heavy atom. The Hall–Kier alpha value is -1.03. The molecule has 0 aliphatic heterocycles. The van der Waals surface area contributed by atoms with Crippen LogP contribution in [0.4, 0.5) is 0 Å². The van der Waals surface area contributed by atoms with E-state index >= 15 is 0 Å². The lowest BCUT2D eigenvalue weighted by Gasteiger charge is -2.11. The number of nitrogens with zero attached hydrogens (tertiary/aromatic N) is 2. The van der Waals surface area contributed by atoms with Crippen molar-refractivity contribution in [1.82, 2.24) is 9.78 Å². The zero-order valence-corrected chi connectivity index (χ0v) is 13.5. The molecule has 3 nitrogen and oxygen atoms in total. The van der Waals surface area contributed by atoms with Crippen LogP contribution in [0.2, 0.25) is 10.0 Å². The summed E-state index contributed by atoms with van der Waals surface area (Å²) in [7, 11) is 0. The number of hydrogen-bond donors (Lipinski definition) is 1. The number of nitrogens with two attached hydrogens (primary N) is 1. The second-order valence-electron chi connectivity index (χ2n) is 4.96. The smallest absolute Gasteiger partial charge is 0.0692 e. The lowest BCUT2D eigenvalue weighted by atomic mass is 10.0. The molecule has 108 valence electrons. The normalized spacial score (nSPS) is 12.7. The molecule has 0 fully saturated rings. The molecule has 1 aromatic carbocycles. The Morgan fingerprint density at radius 3 is 2.40 bits per heavy atom. The second-order valence-corrected chi connectivity index (χ2v) is 5.77. The van der Waals surface area contributed by atoms with Crippen LogP contribution in [0.5, 0.6) is 0 Å². The summed E-state index contributed by atoms with van der Waals surface area (Å²) in [6, 6.07) is 5.54. The molecule has 1 unspecified atom stereocenters. The van der Waals surface area contributed by atoms with Crippen molar-refractivity contribution in [2.24, 2.45) is 5.73 Å². The predicted molar refractivity (Wildman–Crippen MR) is 84.5 cm³/mol. The first-order chi connectivity index (χ1) is 9.45. The van der Waals surface area contributed by atoms with E-state index in [1.165, 1.54) is 0 Å². The summed E-state index contributed by atoms with van der Waals surface area (Å²) in [6.07, 6.45) is 0.889. The average molecular weight is 312 g/mol. The van der Waals surface area contributed by atoms with Gasteiger partial charge < -0.3 is 5.73 Å². The van der Waals surface area contributed by atoms with Gasteiger partial charge in [0.05, 0.1) is 12.2 Å². The second kappa shape index (κ2) is 6.17. The van der Waals surface area contributed by atoms with E-state index in [0.29, 0.717) is 16.6 Å². The van der Waals surface area contributed by atoms with Crippen LogP contribution in [0.15, 0.2) is 18.2 Å². The molecule has 1 heterocycles. The van der Waals surface area contributed by atoms with Crippen molar-refractivity contribution in [3.05, 3.63) is 50.8 Å². The van der Waals surface area contributed by atoms with Gasteiger partial charge in [0.15, 0.2) is 0 Å².